The standard InChI is InChI=1S/C36H39Cl2N3O4S/c1-4-5-20-39-36(43)34(22-28-11-7-6-8-12-28)40(24-29-16-17-30(37)23-33(29)38)35(42)25-41(31-13-9-10-27(3)21-31)46(44,45)32-18-14-26(2)15-19-32/h6-19,21,23,34H,4-5,20,22,24-25H2,1-3H3,(H,39,43). The fourth-order valence-electron chi connectivity index (χ4n) is 5.04. The second-order valence-corrected chi connectivity index (χ2v) is 14.0. The van der Waals surface area contributed by atoms with Crippen LogP contribution >= 0.6 is 23.2 Å². The summed E-state index contributed by atoms with van der Waals surface area (Å²) in [5.41, 5.74) is 3.49. The summed E-state index contributed by atoms with van der Waals surface area (Å²) in [7, 11) is -4.18. The summed E-state index contributed by atoms with van der Waals surface area (Å²) in [5.74, 6) is -0.894. The molecule has 1 unspecified atom stereocenters. The van der Waals surface area contributed by atoms with Crippen molar-refractivity contribution in [1.82, 2.24) is 10.2 Å². The summed E-state index contributed by atoms with van der Waals surface area (Å²) in [6.45, 7) is 5.61. The van der Waals surface area contributed by atoms with E-state index in [2.05, 4.69) is 5.32 Å². The highest BCUT2D eigenvalue weighted by Gasteiger charge is 2.35. The minimum Gasteiger partial charge on any atom is -0.354 e. The van der Waals surface area contributed by atoms with Gasteiger partial charge < -0.3 is 10.2 Å². The van der Waals surface area contributed by atoms with E-state index in [0.29, 0.717) is 27.8 Å². The molecule has 4 aromatic carbocycles. The maximum absolute atomic E-state index is 14.6. The van der Waals surface area contributed by atoms with Crippen LogP contribution in [0.25, 0.3) is 0 Å². The first-order chi connectivity index (χ1) is 22.0. The molecule has 0 aliphatic rings. The van der Waals surface area contributed by atoms with E-state index >= 15 is 0 Å². The minimum absolute atomic E-state index is 0.0419. The molecule has 242 valence electrons. The normalized spacial score (nSPS) is 11.9. The summed E-state index contributed by atoms with van der Waals surface area (Å²) < 4.78 is 29.5. The van der Waals surface area contributed by atoms with Gasteiger partial charge in [-0.15, -0.1) is 0 Å². The van der Waals surface area contributed by atoms with Crippen molar-refractivity contribution >= 4 is 50.7 Å². The van der Waals surface area contributed by atoms with Gasteiger partial charge in [-0.25, -0.2) is 8.42 Å². The summed E-state index contributed by atoms with van der Waals surface area (Å²) in [6.07, 6.45) is 1.87. The van der Waals surface area contributed by atoms with Crippen LogP contribution < -0.4 is 9.62 Å². The number of hydrogen-bond donors (Lipinski definition) is 1. The molecule has 0 aliphatic heterocycles. The zero-order chi connectivity index (χ0) is 33.3. The van der Waals surface area contributed by atoms with Crippen LogP contribution in [0.3, 0.4) is 0 Å². The SMILES string of the molecule is CCCCNC(=O)C(Cc1ccccc1)N(Cc1ccc(Cl)cc1Cl)C(=O)CN(c1cccc(C)c1)S(=O)(=O)c1ccc(C)cc1. The van der Waals surface area contributed by atoms with Gasteiger partial charge in [0.05, 0.1) is 10.6 Å². The maximum Gasteiger partial charge on any atom is 0.264 e. The van der Waals surface area contributed by atoms with Gasteiger partial charge in [-0.2, -0.15) is 0 Å². The fraction of sp³-hybridized carbons (Fsp3) is 0.278. The molecule has 10 heteroatoms. The lowest BCUT2D eigenvalue weighted by molar-refractivity contribution is -0.140. The molecule has 0 saturated carbocycles. The quantitative estimate of drug-likeness (QED) is 0.141. The second-order valence-electron chi connectivity index (χ2n) is 11.3. The van der Waals surface area contributed by atoms with E-state index in [1.54, 1.807) is 48.5 Å². The first-order valence-electron chi connectivity index (χ1n) is 15.2. The van der Waals surface area contributed by atoms with E-state index < -0.39 is 28.5 Å². The number of nitrogens with zero attached hydrogens (tertiary/aromatic N) is 2. The van der Waals surface area contributed by atoms with Crippen molar-refractivity contribution in [3.63, 3.8) is 0 Å². The van der Waals surface area contributed by atoms with E-state index in [9.17, 15) is 18.0 Å². The van der Waals surface area contributed by atoms with Crippen molar-refractivity contribution in [2.24, 2.45) is 0 Å². The van der Waals surface area contributed by atoms with Crippen molar-refractivity contribution in [1.29, 1.82) is 0 Å². The van der Waals surface area contributed by atoms with Crippen LogP contribution in [0.4, 0.5) is 5.69 Å². The molecule has 1 N–H and O–H groups in total. The van der Waals surface area contributed by atoms with Crippen LogP contribution in [0.5, 0.6) is 0 Å². The van der Waals surface area contributed by atoms with Gasteiger partial charge >= 0.3 is 0 Å². The van der Waals surface area contributed by atoms with Gasteiger partial charge in [0.1, 0.15) is 12.6 Å². The Bertz CT molecular complexity index is 1750. The summed E-state index contributed by atoms with van der Waals surface area (Å²) in [5, 5.41) is 3.75. The molecule has 7 nitrogen and oxygen atoms in total. The zero-order valence-electron chi connectivity index (χ0n) is 26.2. The van der Waals surface area contributed by atoms with Crippen molar-refractivity contribution < 1.29 is 18.0 Å². The summed E-state index contributed by atoms with van der Waals surface area (Å²) in [6, 6.07) is 26.9. The molecule has 46 heavy (non-hydrogen) atoms. The summed E-state index contributed by atoms with van der Waals surface area (Å²) >= 11 is 12.8. The third-order valence-electron chi connectivity index (χ3n) is 7.63. The molecule has 0 heterocycles. The Morgan fingerprint density at radius 1 is 0.848 bits per heavy atom. The Morgan fingerprint density at radius 2 is 1.57 bits per heavy atom. The fourth-order valence-corrected chi connectivity index (χ4v) is 6.92. The number of halogens is 2. The molecule has 2 amide bonds. The number of rotatable bonds is 14. The van der Waals surface area contributed by atoms with Gasteiger partial charge in [-0.3, -0.25) is 13.9 Å². The molecular weight excluding hydrogens is 641 g/mol. The molecule has 1 atom stereocenters. The molecule has 0 fully saturated rings. The smallest absolute Gasteiger partial charge is 0.264 e. The van der Waals surface area contributed by atoms with E-state index in [-0.39, 0.29) is 23.8 Å². The Kier molecular flexibility index (Phi) is 12.3. The van der Waals surface area contributed by atoms with Crippen LogP contribution in [0.2, 0.25) is 10.0 Å². The third kappa shape index (κ3) is 9.12. The monoisotopic (exact) mass is 679 g/mol. The van der Waals surface area contributed by atoms with Gasteiger partial charge in [0.15, 0.2) is 0 Å². The first-order valence-corrected chi connectivity index (χ1v) is 17.4. The number of anilines is 1. The first kappa shape index (κ1) is 35.0. The Morgan fingerprint density at radius 3 is 2.22 bits per heavy atom. The lowest BCUT2D eigenvalue weighted by atomic mass is 10.0. The van der Waals surface area contributed by atoms with Gasteiger partial charge in [0.2, 0.25) is 11.8 Å². The number of carbonyl (C=O) groups is 2. The number of amides is 2. The number of aryl methyl sites for hydroxylation is 2. The topological polar surface area (TPSA) is 86.8 Å². The molecule has 0 saturated heterocycles. The number of benzene rings is 4. The predicted molar refractivity (Wildman–Crippen MR) is 186 cm³/mol. The van der Waals surface area contributed by atoms with Gasteiger partial charge in [0.25, 0.3) is 10.0 Å². The van der Waals surface area contributed by atoms with Crippen LogP contribution in [-0.2, 0) is 32.6 Å². The van der Waals surface area contributed by atoms with Crippen LogP contribution in [0.1, 0.15) is 42.0 Å². The highest BCUT2D eigenvalue weighted by molar-refractivity contribution is 7.92. The second kappa shape index (κ2) is 16.1. The van der Waals surface area contributed by atoms with Gasteiger partial charge in [-0.1, -0.05) is 103 Å². The van der Waals surface area contributed by atoms with Crippen LogP contribution in [0.15, 0.2) is 102 Å². The summed E-state index contributed by atoms with van der Waals surface area (Å²) in [4.78, 5) is 29.9. The largest absolute Gasteiger partial charge is 0.354 e. The Balaban J connectivity index is 1.81. The molecule has 4 rings (SSSR count). The van der Waals surface area contributed by atoms with Crippen LogP contribution in [-0.4, -0.2) is 44.3 Å². The molecule has 0 spiro atoms. The molecule has 0 aliphatic carbocycles. The predicted octanol–water partition coefficient (Wildman–Crippen LogP) is 7.36. The molecular formula is C36H39Cl2N3O4S. The number of unbranched alkanes of at least 4 members (excludes halogenated alkanes) is 1. The molecule has 0 radical (unpaired) electrons. The van der Waals surface area contributed by atoms with Crippen molar-refractivity contribution in [2.45, 2.75) is 57.5 Å². The van der Waals surface area contributed by atoms with Gasteiger partial charge in [0, 0.05) is 29.6 Å². The third-order valence-corrected chi connectivity index (χ3v) is 10.0. The minimum atomic E-state index is -4.18. The molecule has 0 bridgehead atoms. The van der Waals surface area contributed by atoms with Crippen molar-refractivity contribution in [3.05, 3.63) is 129 Å². The highest BCUT2D eigenvalue weighted by atomic mass is 35.5. The van der Waals surface area contributed by atoms with E-state index in [1.165, 1.54) is 17.0 Å². The number of nitrogens with one attached hydrogen (secondary N) is 1. The average Bonchev–Trinajstić information content (AvgIpc) is 3.03. The van der Waals surface area contributed by atoms with Crippen molar-refractivity contribution in [2.75, 3.05) is 17.4 Å². The highest BCUT2D eigenvalue weighted by Crippen LogP contribution is 2.28. The Labute approximate surface area is 282 Å². The zero-order valence-corrected chi connectivity index (χ0v) is 28.6. The number of hydrogen-bond acceptors (Lipinski definition) is 4. The lowest BCUT2D eigenvalue weighted by Gasteiger charge is -2.34. The van der Waals surface area contributed by atoms with E-state index in [1.807, 2.05) is 57.2 Å². The number of carbonyl (C=O) groups excluding carboxylic acids is 2. The molecule has 0 aromatic heterocycles. The molecule has 4 aromatic rings. The van der Waals surface area contributed by atoms with Crippen LogP contribution in [0, 0.1) is 13.8 Å². The number of sulfonamides is 1. The maximum atomic E-state index is 14.6. The van der Waals surface area contributed by atoms with E-state index in [4.69, 9.17) is 23.2 Å². The van der Waals surface area contributed by atoms with Crippen molar-refractivity contribution in [3.8, 4) is 0 Å². The van der Waals surface area contributed by atoms with E-state index in [0.717, 1.165) is 33.8 Å². The lowest BCUT2D eigenvalue weighted by Crippen LogP contribution is -2.53. The average molecular weight is 681 g/mol. The Hall–Kier alpha value is -3.85. The van der Waals surface area contributed by atoms with Gasteiger partial charge in [-0.05, 0) is 73.4 Å².